The monoisotopic (exact) mass is 267 g/mol. The van der Waals surface area contributed by atoms with Crippen LogP contribution in [0.5, 0.6) is 0 Å². The van der Waals surface area contributed by atoms with Crippen LogP contribution in [0.2, 0.25) is 0 Å². The Bertz CT molecular complexity index is 592. The molecule has 0 aliphatic carbocycles. The van der Waals surface area contributed by atoms with E-state index in [1.54, 1.807) is 18.5 Å². The largest absolute Gasteiger partial charge is 0.339 e. The first-order valence-corrected chi connectivity index (χ1v) is 7.02. The highest BCUT2D eigenvalue weighted by atomic mass is 16.2. The molecule has 20 heavy (non-hydrogen) atoms. The molecule has 0 saturated carbocycles. The second kappa shape index (κ2) is 5.82. The lowest BCUT2D eigenvalue weighted by Crippen LogP contribution is -2.35. The molecule has 2 heterocycles. The van der Waals surface area contributed by atoms with Crippen LogP contribution in [0.3, 0.4) is 0 Å². The normalized spacial score (nSPS) is 15.1. The van der Waals surface area contributed by atoms with Crippen molar-refractivity contribution in [1.82, 2.24) is 14.9 Å². The van der Waals surface area contributed by atoms with E-state index in [1.807, 2.05) is 29.2 Å². The summed E-state index contributed by atoms with van der Waals surface area (Å²) in [6.07, 6.45) is 6.80. The summed E-state index contributed by atoms with van der Waals surface area (Å²) < 4.78 is 0. The minimum absolute atomic E-state index is 0.0905. The Morgan fingerprint density at radius 1 is 0.950 bits per heavy atom. The molecule has 0 atom stereocenters. The molecule has 0 bridgehead atoms. The summed E-state index contributed by atoms with van der Waals surface area (Å²) >= 11 is 0. The van der Waals surface area contributed by atoms with E-state index in [9.17, 15) is 4.79 Å². The molecule has 0 N–H and O–H groups in total. The number of benzene rings is 1. The Morgan fingerprint density at radius 2 is 1.65 bits per heavy atom. The summed E-state index contributed by atoms with van der Waals surface area (Å²) in [5, 5.41) is 0. The molecule has 0 spiro atoms. The predicted octanol–water partition coefficient (Wildman–Crippen LogP) is 2.77. The average molecular weight is 267 g/mol. The highest BCUT2D eigenvalue weighted by molar-refractivity contribution is 6.00. The predicted molar refractivity (Wildman–Crippen MR) is 77.2 cm³/mol. The van der Waals surface area contributed by atoms with E-state index in [0.717, 1.165) is 31.5 Å². The lowest BCUT2D eigenvalue weighted by Gasteiger charge is -2.27. The van der Waals surface area contributed by atoms with E-state index >= 15 is 0 Å². The first-order valence-electron chi connectivity index (χ1n) is 7.02. The first-order chi connectivity index (χ1) is 9.86. The molecule has 2 aromatic rings. The lowest BCUT2D eigenvalue weighted by atomic mass is 10.0. The third-order valence-electron chi connectivity index (χ3n) is 3.61. The van der Waals surface area contributed by atoms with Crippen LogP contribution in [0.15, 0.2) is 42.7 Å². The number of carbonyl (C=O) groups is 1. The van der Waals surface area contributed by atoms with Gasteiger partial charge in [0.2, 0.25) is 0 Å². The van der Waals surface area contributed by atoms with Crippen LogP contribution < -0.4 is 0 Å². The molecule has 4 heteroatoms. The maximum atomic E-state index is 12.7. The zero-order valence-corrected chi connectivity index (χ0v) is 11.3. The van der Waals surface area contributed by atoms with E-state index in [0.29, 0.717) is 11.4 Å². The molecule has 1 amide bonds. The summed E-state index contributed by atoms with van der Waals surface area (Å²) in [6, 6.07) is 9.36. The molecule has 1 fully saturated rings. The van der Waals surface area contributed by atoms with Gasteiger partial charge in [-0.25, -0.2) is 9.97 Å². The average Bonchev–Trinajstić information content (AvgIpc) is 2.56. The van der Waals surface area contributed by atoms with Gasteiger partial charge in [-0.15, -0.1) is 0 Å². The maximum Gasteiger partial charge on any atom is 0.254 e. The van der Waals surface area contributed by atoms with Gasteiger partial charge in [0.15, 0.2) is 5.82 Å². The van der Waals surface area contributed by atoms with Crippen molar-refractivity contribution in [3.63, 3.8) is 0 Å². The smallest absolute Gasteiger partial charge is 0.254 e. The molecule has 3 rings (SSSR count). The molecule has 1 aliphatic heterocycles. The van der Waals surface area contributed by atoms with E-state index in [-0.39, 0.29) is 5.91 Å². The summed E-state index contributed by atoms with van der Waals surface area (Å²) in [7, 11) is 0. The van der Waals surface area contributed by atoms with Crippen molar-refractivity contribution in [3.05, 3.63) is 48.3 Å². The highest BCUT2D eigenvalue weighted by Crippen LogP contribution is 2.22. The van der Waals surface area contributed by atoms with Crippen molar-refractivity contribution < 1.29 is 4.79 Å². The Kier molecular flexibility index (Phi) is 3.72. The fourth-order valence-electron chi connectivity index (χ4n) is 2.57. The number of hydrogen-bond acceptors (Lipinski definition) is 3. The van der Waals surface area contributed by atoms with Crippen molar-refractivity contribution in [2.24, 2.45) is 0 Å². The second-order valence-corrected chi connectivity index (χ2v) is 4.97. The molecule has 102 valence electrons. The number of nitrogens with zero attached hydrogens (tertiary/aromatic N) is 3. The fraction of sp³-hybridized carbons (Fsp3) is 0.312. The molecule has 1 aliphatic rings. The van der Waals surface area contributed by atoms with Gasteiger partial charge >= 0.3 is 0 Å². The molecule has 0 unspecified atom stereocenters. The number of carbonyl (C=O) groups excluding carboxylic acids is 1. The number of amides is 1. The molecule has 1 aromatic heterocycles. The van der Waals surface area contributed by atoms with Crippen LogP contribution in [0.1, 0.15) is 29.6 Å². The Balaban J connectivity index is 1.95. The Labute approximate surface area is 118 Å². The van der Waals surface area contributed by atoms with Crippen molar-refractivity contribution in [1.29, 1.82) is 0 Å². The van der Waals surface area contributed by atoms with Gasteiger partial charge in [0.25, 0.3) is 5.91 Å². The summed E-state index contributed by atoms with van der Waals surface area (Å²) in [6.45, 7) is 1.70. The third-order valence-corrected chi connectivity index (χ3v) is 3.61. The van der Waals surface area contributed by atoms with Crippen LogP contribution in [0.4, 0.5) is 0 Å². The molecule has 0 radical (unpaired) electrons. The minimum Gasteiger partial charge on any atom is -0.339 e. The topological polar surface area (TPSA) is 46.1 Å². The number of piperidine rings is 1. The van der Waals surface area contributed by atoms with Gasteiger partial charge in [-0.1, -0.05) is 18.2 Å². The quantitative estimate of drug-likeness (QED) is 0.840. The van der Waals surface area contributed by atoms with E-state index < -0.39 is 0 Å². The van der Waals surface area contributed by atoms with Gasteiger partial charge in [-0.05, 0) is 31.4 Å². The zero-order chi connectivity index (χ0) is 13.8. The lowest BCUT2D eigenvalue weighted by molar-refractivity contribution is 0.0725. The Hall–Kier alpha value is -2.23. The number of hydrogen-bond donors (Lipinski definition) is 0. The van der Waals surface area contributed by atoms with Crippen LogP contribution in [-0.4, -0.2) is 33.9 Å². The van der Waals surface area contributed by atoms with Crippen molar-refractivity contribution in [2.75, 3.05) is 13.1 Å². The van der Waals surface area contributed by atoms with E-state index in [2.05, 4.69) is 9.97 Å². The molecule has 1 aromatic carbocycles. The second-order valence-electron chi connectivity index (χ2n) is 4.97. The molecular weight excluding hydrogens is 250 g/mol. The fourth-order valence-corrected chi connectivity index (χ4v) is 2.57. The van der Waals surface area contributed by atoms with Gasteiger partial charge in [-0.2, -0.15) is 0 Å². The molecule has 4 nitrogen and oxygen atoms in total. The van der Waals surface area contributed by atoms with Crippen molar-refractivity contribution in [3.8, 4) is 11.4 Å². The molecule has 1 saturated heterocycles. The zero-order valence-electron chi connectivity index (χ0n) is 11.3. The van der Waals surface area contributed by atoms with Gasteiger partial charge in [0, 0.05) is 31.0 Å². The summed E-state index contributed by atoms with van der Waals surface area (Å²) in [4.78, 5) is 23.1. The maximum absolute atomic E-state index is 12.7. The highest BCUT2D eigenvalue weighted by Gasteiger charge is 2.21. The number of rotatable bonds is 2. The van der Waals surface area contributed by atoms with Gasteiger partial charge in [0.05, 0.1) is 5.56 Å². The number of likely N-dealkylation sites (tertiary alicyclic amines) is 1. The van der Waals surface area contributed by atoms with Gasteiger partial charge in [-0.3, -0.25) is 4.79 Å². The SMILES string of the molecule is O=C(c1ccccc1-c1ncccn1)N1CCCCC1. The van der Waals surface area contributed by atoms with Gasteiger partial charge < -0.3 is 4.90 Å². The summed E-state index contributed by atoms with van der Waals surface area (Å²) in [5.41, 5.74) is 1.50. The van der Waals surface area contributed by atoms with Crippen LogP contribution in [-0.2, 0) is 0 Å². The van der Waals surface area contributed by atoms with Crippen molar-refractivity contribution >= 4 is 5.91 Å². The van der Waals surface area contributed by atoms with Gasteiger partial charge in [0.1, 0.15) is 0 Å². The van der Waals surface area contributed by atoms with Crippen LogP contribution in [0, 0.1) is 0 Å². The van der Waals surface area contributed by atoms with E-state index in [1.165, 1.54) is 6.42 Å². The van der Waals surface area contributed by atoms with E-state index in [4.69, 9.17) is 0 Å². The number of aromatic nitrogens is 2. The Morgan fingerprint density at radius 3 is 2.40 bits per heavy atom. The van der Waals surface area contributed by atoms with Crippen molar-refractivity contribution in [2.45, 2.75) is 19.3 Å². The third kappa shape index (κ3) is 2.54. The first kappa shape index (κ1) is 12.8. The minimum atomic E-state index is 0.0905. The van der Waals surface area contributed by atoms with Crippen LogP contribution in [0.25, 0.3) is 11.4 Å². The molecular formula is C16H17N3O. The summed E-state index contributed by atoms with van der Waals surface area (Å²) in [5.74, 6) is 0.696. The van der Waals surface area contributed by atoms with Crippen LogP contribution >= 0.6 is 0 Å². The standard InChI is InChI=1S/C16H17N3O/c20-16(19-11-4-1-5-12-19)14-8-3-2-7-13(14)15-17-9-6-10-18-15/h2-3,6-10H,1,4-5,11-12H2.